The normalized spacial score (nSPS) is 19.8. The van der Waals surface area contributed by atoms with Crippen molar-refractivity contribution in [1.82, 2.24) is 5.32 Å². The van der Waals surface area contributed by atoms with Crippen LogP contribution in [0, 0.1) is 6.92 Å². The Hall–Kier alpha value is -2.38. The van der Waals surface area contributed by atoms with Crippen molar-refractivity contribution in [3.8, 4) is 0 Å². The summed E-state index contributed by atoms with van der Waals surface area (Å²) >= 11 is 9.07. The number of ketones is 1. The van der Waals surface area contributed by atoms with E-state index in [-0.39, 0.29) is 18.1 Å². The number of piperidine rings is 1. The Labute approximate surface area is 226 Å². The number of ether oxygens (including phenoxy) is 1. The highest BCUT2D eigenvalue weighted by atomic mass is 35.5. The number of benzene rings is 2. The Bertz CT molecular complexity index is 1210. The first kappa shape index (κ1) is 26.7. The number of nitrogens with one attached hydrogen (secondary N) is 1. The quantitative estimate of drug-likeness (QED) is 0.167. The fourth-order valence-electron chi connectivity index (χ4n) is 4.50. The number of aryl methyl sites for hydroxylation is 2. The van der Waals surface area contributed by atoms with Gasteiger partial charge < -0.3 is 10.1 Å². The second kappa shape index (κ2) is 12.2. The summed E-state index contributed by atoms with van der Waals surface area (Å²) < 4.78 is 5.64. The lowest BCUT2D eigenvalue weighted by molar-refractivity contribution is -0.132. The topological polar surface area (TPSA) is 55.4 Å². The van der Waals surface area contributed by atoms with E-state index in [2.05, 4.69) is 31.0 Å². The van der Waals surface area contributed by atoms with Gasteiger partial charge in [-0.05, 0) is 77.4 Å². The average Bonchev–Trinajstić information content (AvgIpc) is 3.41. The molecular formula is C29H30ClNO3S2. The van der Waals surface area contributed by atoms with E-state index < -0.39 is 10.8 Å². The third-order valence-electron chi connectivity index (χ3n) is 6.44. The number of Topliss-reactive ketones (excluding diaryl/α,β-unsaturated/α-hetero) is 1. The molecule has 1 fully saturated rings. The predicted octanol–water partition coefficient (Wildman–Crippen LogP) is 6.73. The van der Waals surface area contributed by atoms with Crippen LogP contribution in [0.15, 0.2) is 76.8 Å². The van der Waals surface area contributed by atoms with Gasteiger partial charge in [0.25, 0.3) is 0 Å². The van der Waals surface area contributed by atoms with Gasteiger partial charge in [0.1, 0.15) is 5.25 Å². The maximum absolute atomic E-state index is 13.5. The van der Waals surface area contributed by atoms with E-state index in [1.807, 2.05) is 47.2 Å². The molecule has 4 rings (SSSR count). The molecule has 1 aliphatic heterocycles. The van der Waals surface area contributed by atoms with Crippen LogP contribution in [-0.2, 0) is 26.3 Å². The van der Waals surface area contributed by atoms with Gasteiger partial charge in [-0.3, -0.25) is 9.59 Å². The molecule has 3 aromatic rings. The summed E-state index contributed by atoms with van der Waals surface area (Å²) in [6.45, 7) is 7.21. The van der Waals surface area contributed by atoms with Crippen LogP contribution < -0.4 is 5.32 Å². The molecule has 1 saturated heterocycles. The summed E-state index contributed by atoms with van der Waals surface area (Å²) in [6.07, 6.45) is 4.75. The average molecular weight is 540 g/mol. The zero-order valence-corrected chi connectivity index (χ0v) is 22.7. The zero-order valence-electron chi connectivity index (χ0n) is 20.3. The van der Waals surface area contributed by atoms with Crippen LogP contribution in [0.2, 0.25) is 5.02 Å². The largest absolute Gasteiger partial charge is 0.381 e. The van der Waals surface area contributed by atoms with Crippen LogP contribution in [-0.4, -0.2) is 30.2 Å². The van der Waals surface area contributed by atoms with Gasteiger partial charge in [-0.2, -0.15) is 11.3 Å². The van der Waals surface area contributed by atoms with Gasteiger partial charge in [0.2, 0.25) is 5.91 Å². The number of hydrogen-bond donors (Lipinski definition) is 1. The van der Waals surface area contributed by atoms with Crippen molar-refractivity contribution in [2.24, 2.45) is 0 Å². The van der Waals surface area contributed by atoms with Gasteiger partial charge in [0.15, 0.2) is 5.78 Å². The van der Waals surface area contributed by atoms with Crippen LogP contribution >= 0.6 is 34.7 Å². The highest BCUT2D eigenvalue weighted by Gasteiger charge is 2.47. The van der Waals surface area contributed by atoms with E-state index in [0.29, 0.717) is 18.2 Å². The fourth-order valence-corrected chi connectivity index (χ4v) is 6.48. The Morgan fingerprint density at radius 1 is 1.19 bits per heavy atom. The summed E-state index contributed by atoms with van der Waals surface area (Å²) in [5.41, 5.74) is 3.35. The molecule has 2 atom stereocenters. The van der Waals surface area contributed by atoms with Crippen molar-refractivity contribution in [1.29, 1.82) is 0 Å². The minimum atomic E-state index is -0.886. The lowest BCUT2D eigenvalue weighted by Crippen LogP contribution is -2.58. The Morgan fingerprint density at radius 3 is 2.72 bits per heavy atom. The first-order valence-electron chi connectivity index (χ1n) is 12.0. The third-order valence-corrected chi connectivity index (χ3v) is 8.89. The van der Waals surface area contributed by atoms with Crippen molar-refractivity contribution in [3.05, 3.63) is 99.2 Å². The van der Waals surface area contributed by atoms with Gasteiger partial charge in [-0.15, -0.1) is 18.3 Å². The lowest BCUT2D eigenvalue weighted by Gasteiger charge is -2.40. The molecule has 188 valence electrons. The van der Waals surface area contributed by atoms with Crippen molar-refractivity contribution >= 4 is 46.4 Å². The van der Waals surface area contributed by atoms with Crippen LogP contribution in [0.3, 0.4) is 0 Å². The minimum Gasteiger partial charge on any atom is -0.381 e. The molecule has 1 amide bonds. The van der Waals surface area contributed by atoms with E-state index in [1.165, 1.54) is 17.3 Å². The first-order valence-corrected chi connectivity index (χ1v) is 14.2. The summed E-state index contributed by atoms with van der Waals surface area (Å²) in [5, 5.41) is 6.94. The molecule has 2 aromatic carbocycles. The van der Waals surface area contributed by atoms with Gasteiger partial charge >= 0.3 is 0 Å². The molecule has 0 spiro atoms. The number of rotatable bonds is 11. The van der Waals surface area contributed by atoms with Crippen LogP contribution in [0.25, 0.3) is 0 Å². The SMILES string of the molecule is C=CCCOCCCc1ccc(C2(c3ccsc3)CC(=O)C(Sc3ccccc3Cl)C(=O)N2)cc1C. The molecule has 1 aliphatic rings. The summed E-state index contributed by atoms with van der Waals surface area (Å²) in [7, 11) is 0. The van der Waals surface area contributed by atoms with Crippen molar-refractivity contribution < 1.29 is 14.3 Å². The zero-order chi connectivity index (χ0) is 25.5. The second-order valence-corrected chi connectivity index (χ2v) is 11.2. The van der Waals surface area contributed by atoms with E-state index in [1.54, 1.807) is 17.4 Å². The number of thioether (sulfide) groups is 1. The van der Waals surface area contributed by atoms with Crippen LogP contribution in [0.1, 0.15) is 41.5 Å². The molecule has 2 heterocycles. The first-order chi connectivity index (χ1) is 17.4. The van der Waals surface area contributed by atoms with Crippen molar-refractivity contribution in [3.63, 3.8) is 0 Å². The summed E-state index contributed by atoms with van der Waals surface area (Å²) in [6, 6.07) is 15.6. The number of amides is 1. The van der Waals surface area contributed by atoms with Crippen molar-refractivity contribution in [2.75, 3.05) is 13.2 Å². The highest BCUT2D eigenvalue weighted by Crippen LogP contribution is 2.42. The Morgan fingerprint density at radius 2 is 2.03 bits per heavy atom. The van der Waals surface area contributed by atoms with E-state index in [9.17, 15) is 9.59 Å². The van der Waals surface area contributed by atoms with Gasteiger partial charge in [-0.25, -0.2) is 0 Å². The number of carbonyl (C=O) groups is 2. The smallest absolute Gasteiger partial charge is 0.242 e. The number of carbonyl (C=O) groups excluding carboxylic acids is 2. The number of thiophene rings is 1. The van der Waals surface area contributed by atoms with E-state index in [4.69, 9.17) is 16.3 Å². The maximum Gasteiger partial charge on any atom is 0.242 e. The number of halogens is 1. The number of hydrogen-bond acceptors (Lipinski definition) is 5. The molecule has 0 bridgehead atoms. The van der Waals surface area contributed by atoms with Gasteiger partial charge in [-0.1, -0.05) is 48.0 Å². The fraction of sp³-hybridized carbons (Fsp3) is 0.310. The molecule has 0 radical (unpaired) electrons. The van der Waals surface area contributed by atoms with Crippen LogP contribution in [0.4, 0.5) is 0 Å². The Kier molecular flexibility index (Phi) is 9.07. The molecule has 4 nitrogen and oxygen atoms in total. The molecule has 1 N–H and O–H groups in total. The monoisotopic (exact) mass is 539 g/mol. The third kappa shape index (κ3) is 5.94. The van der Waals surface area contributed by atoms with Crippen LogP contribution in [0.5, 0.6) is 0 Å². The molecule has 0 aliphatic carbocycles. The summed E-state index contributed by atoms with van der Waals surface area (Å²) in [4.78, 5) is 27.6. The van der Waals surface area contributed by atoms with E-state index in [0.717, 1.165) is 40.8 Å². The summed E-state index contributed by atoms with van der Waals surface area (Å²) in [5.74, 6) is -0.394. The molecule has 36 heavy (non-hydrogen) atoms. The molecule has 1 aromatic heterocycles. The van der Waals surface area contributed by atoms with Gasteiger partial charge in [0, 0.05) is 24.5 Å². The standard InChI is InChI=1S/C29H30ClNO3S2/c1-3-4-14-34-15-7-8-21-11-12-22(17-20(21)2)29(23-13-16-35-19-23)18-25(32)27(28(33)31-29)36-26-10-6-5-9-24(26)30/h3,5-6,9-13,16-17,19,27H,1,4,7-8,14-15,18H2,2H3,(H,31,33). The highest BCUT2D eigenvalue weighted by molar-refractivity contribution is 8.01. The predicted molar refractivity (Wildman–Crippen MR) is 149 cm³/mol. The second-order valence-electron chi connectivity index (χ2n) is 8.91. The molecular weight excluding hydrogens is 510 g/mol. The van der Waals surface area contributed by atoms with Gasteiger partial charge in [0.05, 0.1) is 10.6 Å². The Balaban J connectivity index is 1.55. The maximum atomic E-state index is 13.5. The molecule has 0 saturated carbocycles. The molecule has 7 heteroatoms. The van der Waals surface area contributed by atoms with E-state index >= 15 is 0 Å². The minimum absolute atomic E-state index is 0.103. The molecule has 2 unspecified atom stereocenters. The lowest BCUT2D eigenvalue weighted by atomic mass is 9.76. The van der Waals surface area contributed by atoms with Crippen molar-refractivity contribution in [2.45, 2.75) is 48.3 Å².